The van der Waals surface area contributed by atoms with Gasteiger partial charge in [0.2, 0.25) is 5.91 Å². The van der Waals surface area contributed by atoms with Gasteiger partial charge in [0, 0.05) is 12.1 Å². The molecule has 2 aliphatic rings. The number of halogens is 1. The van der Waals surface area contributed by atoms with Crippen LogP contribution < -0.4 is 5.73 Å². The highest BCUT2D eigenvalue weighted by molar-refractivity contribution is 5.92. The molecule has 0 bridgehead atoms. The van der Waals surface area contributed by atoms with E-state index in [1.165, 1.54) is 6.07 Å². The number of ether oxygens (including phenoxy) is 1. The lowest BCUT2D eigenvalue weighted by atomic mass is 9.92. The van der Waals surface area contributed by atoms with E-state index in [-0.39, 0.29) is 24.9 Å². The number of benzene rings is 1. The van der Waals surface area contributed by atoms with Crippen molar-refractivity contribution in [1.29, 1.82) is 0 Å². The Balaban J connectivity index is 1.85. The molecule has 1 unspecified atom stereocenters. The van der Waals surface area contributed by atoms with Crippen LogP contribution in [0.4, 0.5) is 4.39 Å². The molecule has 1 aliphatic heterocycles. The highest BCUT2D eigenvalue weighted by Gasteiger charge is 2.55. The number of amides is 2. The molecule has 5 nitrogen and oxygen atoms in total. The molecule has 1 aromatic carbocycles. The lowest BCUT2D eigenvalue weighted by Crippen LogP contribution is -2.59. The number of primary amides is 1. The number of carbonyl (C=O) groups is 2. The van der Waals surface area contributed by atoms with Gasteiger partial charge in [0.25, 0.3) is 5.91 Å². The van der Waals surface area contributed by atoms with E-state index in [2.05, 4.69) is 0 Å². The van der Waals surface area contributed by atoms with E-state index in [4.69, 9.17) is 10.5 Å². The van der Waals surface area contributed by atoms with E-state index in [1.807, 2.05) is 0 Å². The molecule has 2 amide bonds. The number of hydrogen-bond donors (Lipinski definition) is 1. The maximum absolute atomic E-state index is 14.1. The van der Waals surface area contributed by atoms with E-state index in [9.17, 15) is 14.0 Å². The molecule has 1 aromatic rings. The quantitative estimate of drug-likeness (QED) is 0.904. The summed E-state index contributed by atoms with van der Waals surface area (Å²) in [7, 11) is 0. The van der Waals surface area contributed by atoms with E-state index in [1.54, 1.807) is 30.0 Å². The van der Waals surface area contributed by atoms with Crippen LogP contribution in [0.15, 0.2) is 24.3 Å². The SMILES string of the molecule is CC1(C(N)=O)CN(C(=O)C2(c3ccccc3F)CC2)CCO1. The first-order valence-electron chi connectivity index (χ1n) is 7.37. The van der Waals surface area contributed by atoms with E-state index >= 15 is 0 Å². The summed E-state index contributed by atoms with van der Waals surface area (Å²) in [5, 5.41) is 0. The van der Waals surface area contributed by atoms with E-state index in [0.717, 1.165) is 0 Å². The van der Waals surface area contributed by atoms with Crippen molar-refractivity contribution < 1.29 is 18.7 Å². The van der Waals surface area contributed by atoms with Crippen LogP contribution in [0.1, 0.15) is 25.3 Å². The van der Waals surface area contributed by atoms with Crippen LogP contribution in [0.25, 0.3) is 0 Å². The summed E-state index contributed by atoms with van der Waals surface area (Å²) < 4.78 is 19.5. The molecule has 22 heavy (non-hydrogen) atoms. The largest absolute Gasteiger partial charge is 0.367 e. The first-order chi connectivity index (χ1) is 10.4. The maximum atomic E-state index is 14.1. The van der Waals surface area contributed by atoms with Crippen molar-refractivity contribution in [3.05, 3.63) is 35.6 Å². The van der Waals surface area contributed by atoms with Crippen molar-refractivity contribution in [1.82, 2.24) is 4.90 Å². The predicted molar refractivity (Wildman–Crippen MR) is 77.4 cm³/mol. The summed E-state index contributed by atoms with van der Waals surface area (Å²) in [6.07, 6.45) is 1.24. The number of nitrogens with zero attached hydrogens (tertiary/aromatic N) is 1. The fourth-order valence-corrected chi connectivity index (χ4v) is 3.07. The van der Waals surface area contributed by atoms with E-state index < -0.39 is 16.9 Å². The first-order valence-corrected chi connectivity index (χ1v) is 7.37. The highest BCUT2D eigenvalue weighted by Crippen LogP contribution is 2.50. The zero-order valence-corrected chi connectivity index (χ0v) is 12.5. The summed E-state index contributed by atoms with van der Waals surface area (Å²) in [6.45, 7) is 2.32. The summed E-state index contributed by atoms with van der Waals surface area (Å²) in [5.41, 5.74) is 3.83. The minimum Gasteiger partial charge on any atom is -0.367 e. The summed E-state index contributed by atoms with van der Waals surface area (Å²) >= 11 is 0. The van der Waals surface area contributed by atoms with Crippen LogP contribution in [0, 0.1) is 5.82 Å². The molecule has 2 fully saturated rings. The molecule has 1 saturated heterocycles. The fourth-order valence-electron chi connectivity index (χ4n) is 3.07. The van der Waals surface area contributed by atoms with Gasteiger partial charge in [-0.3, -0.25) is 9.59 Å². The monoisotopic (exact) mass is 306 g/mol. The first kappa shape index (κ1) is 15.0. The molecule has 1 aliphatic carbocycles. The number of hydrogen-bond acceptors (Lipinski definition) is 3. The topological polar surface area (TPSA) is 72.6 Å². The number of carbonyl (C=O) groups excluding carboxylic acids is 2. The lowest BCUT2D eigenvalue weighted by molar-refractivity contribution is -0.161. The highest BCUT2D eigenvalue weighted by atomic mass is 19.1. The van der Waals surface area contributed by atoms with Crippen molar-refractivity contribution in [2.24, 2.45) is 5.73 Å². The standard InChI is InChI=1S/C16H19FN2O3/c1-15(13(18)20)10-19(8-9-22-15)14(21)16(6-7-16)11-4-2-3-5-12(11)17/h2-5H,6-10H2,1H3,(H2,18,20). The zero-order chi connectivity index (χ0) is 16.0. The van der Waals surface area contributed by atoms with Gasteiger partial charge in [-0.1, -0.05) is 18.2 Å². The van der Waals surface area contributed by atoms with Crippen LogP contribution >= 0.6 is 0 Å². The fraction of sp³-hybridized carbons (Fsp3) is 0.500. The van der Waals surface area contributed by atoms with Crippen molar-refractivity contribution in [2.75, 3.05) is 19.7 Å². The normalized spacial score (nSPS) is 26.5. The van der Waals surface area contributed by atoms with Gasteiger partial charge in [-0.25, -0.2) is 4.39 Å². The maximum Gasteiger partial charge on any atom is 0.251 e. The average Bonchev–Trinajstić information content (AvgIpc) is 3.28. The Morgan fingerprint density at radius 3 is 2.59 bits per heavy atom. The van der Waals surface area contributed by atoms with Crippen LogP contribution in [0.5, 0.6) is 0 Å². The molecule has 1 heterocycles. The molecule has 0 aromatic heterocycles. The molecular weight excluding hydrogens is 287 g/mol. The Labute approximate surface area is 128 Å². The molecule has 2 N–H and O–H groups in total. The van der Waals surface area contributed by atoms with Crippen LogP contribution in [-0.2, 0) is 19.7 Å². The van der Waals surface area contributed by atoms with Gasteiger partial charge in [0.15, 0.2) is 5.60 Å². The summed E-state index contributed by atoms with van der Waals surface area (Å²) in [4.78, 5) is 26.0. The molecule has 6 heteroatoms. The minimum absolute atomic E-state index is 0.109. The van der Waals surface area contributed by atoms with E-state index in [0.29, 0.717) is 24.9 Å². The van der Waals surface area contributed by atoms with Crippen LogP contribution in [0.2, 0.25) is 0 Å². The second-order valence-corrected chi connectivity index (χ2v) is 6.23. The molecule has 118 valence electrons. The Bertz CT molecular complexity index is 630. The van der Waals surface area contributed by atoms with Crippen molar-refractivity contribution in [3.8, 4) is 0 Å². The van der Waals surface area contributed by atoms with Gasteiger partial charge in [-0.15, -0.1) is 0 Å². The number of rotatable bonds is 3. The summed E-state index contributed by atoms with van der Waals surface area (Å²) in [5.74, 6) is -1.10. The molecule has 0 spiro atoms. The number of morpholine rings is 1. The van der Waals surface area contributed by atoms with Gasteiger partial charge in [0.1, 0.15) is 5.82 Å². The lowest BCUT2D eigenvalue weighted by Gasteiger charge is -2.39. The Morgan fingerprint density at radius 2 is 2.00 bits per heavy atom. The second kappa shape index (κ2) is 5.05. The molecular formula is C16H19FN2O3. The molecule has 3 rings (SSSR count). The Hall–Kier alpha value is -1.95. The van der Waals surface area contributed by atoms with Gasteiger partial charge < -0.3 is 15.4 Å². The summed E-state index contributed by atoms with van der Waals surface area (Å²) in [6, 6.07) is 6.38. The third-order valence-electron chi connectivity index (χ3n) is 4.63. The zero-order valence-electron chi connectivity index (χ0n) is 12.5. The third-order valence-corrected chi connectivity index (χ3v) is 4.63. The van der Waals surface area contributed by atoms with Gasteiger partial charge >= 0.3 is 0 Å². The average molecular weight is 306 g/mol. The number of nitrogens with two attached hydrogens (primary N) is 1. The smallest absolute Gasteiger partial charge is 0.251 e. The molecule has 1 saturated carbocycles. The van der Waals surface area contributed by atoms with Gasteiger partial charge in [-0.05, 0) is 25.8 Å². The van der Waals surface area contributed by atoms with Crippen molar-refractivity contribution in [3.63, 3.8) is 0 Å². The Kier molecular flexibility index (Phi) is 3.44. The minimum atomic E-state index is -1.18. The van der Waals surface area contributed by atoms with Crippen LogP contribution in [0.3, 0.4) is 0 Å². The third kappa shape index (κ3) is 2.27. The van der Waals surface area contributed by atoms with Crippen molar-refractivity contribution >= 4 is 11.8 Å². The van der Waals surface area contributed by atoms with Gasteiger partial charge in [0.05, 0.1) is 18.6 Å². The van der Waals surface area contributed by atoms with Crippen LogP contribution in [-0.4, -0.2) is 42.0 Å². The Morgan fingerprint density at radius 1 is 1.32 bits per heavy atom. The molecule has 1 atom stereocenters. The molecule has 0 radical (unpaired) electrons. The predicted octanol–water partition coefficient (Wildman–Crippen LogP) is 0.960. The van der Waals surface area contributed by atoms with Crippen molar-refractivity contribution in [2.45, 2.75) is 30.8 Å². The van der Waals surface area contributed by atoms with Gasteiger partial charge in [-0.2, -0.15) is 0 Å². The second-order valence-electron chi connectivity index (χ2n) is 6.23.